The minimum atomic E-state index is 0.486. The van der Waals surface area contributed by atoms with Gasteiger partial charge in [0.2, 0.25) is 0 Å². The maximum Gasteiger partial charge on any atom is 0.118 e. The van der Waals surface area contributed by atoms with Crippen molar-refractivity contribution in [3.63, 3.8) is 0 Å². The fourth-order valence-electron chi connectivity index (χ4n) is 2.05. The maximum atomic E-state index is 5.17. The zero-order valence-corrected chi connectivity index (χ0v) is 12.5. The average Bonchev–Trinajstić information content (AvgIpc) is 2.91. The third-order valence-corrected chi connectivity index (χ3v) is 3.29. The van der Waals surface area contributed by atoms with Gasteiger partial charge in [-0.15, -0.1) is 0 Å². The van der Waals surface area contributed by atoms with Crippen molar-refractivity contribution in [2.75, 3.05) is 7.11 Å². The van der Waals surface area contributed by atoms with Gasteiger partial charge in [0.1, 0.15) is 5.75 Å². The van der Waals surface area contributed by atoms with Gasteiger partial charge in [-0.05, 0) is 24.1 Å². The summed E-state index contributed by atoms with van der Waals surface area (Å²) in [5.74, 6) is 0.901. The molecule has 1 aromatic carbocycles. The highest BCUT2D eigenvalue weighted by molar-refractivity contribution is 5.27. The Bertz CT molecular complexity index is 517. The SMILES string of the molecule is COc1ccc(CCn2cncc2CNC(C)C)cc1. The van der Waals surface area contributed by atoms with Crippen molar-refractivity contribution in [3.8, 4) is 5.75 Å². The lowest BCUT2D eigenvalue weighted by molar-refractivity contribution is 0.414. The third-order valence-electron chi connectivity index (χ3n) is 3.29. The molecule has 4 nitrogen and oxygen atoms in total. The van der Waals surface area contributed by atoms with Gasteiger partial charge in [-0.2, -0.15) is 0 Å². The first-order valence-corrected chi connectivity index (χ1v) is 7.04. The van der Waals surface area contributed by atoms with Gasteiger partial charge < -0.3 is 14.6 Å². The normalized spacial score (nSPS) is 11.0. The Kier molecular flexibility index (Phi) is 5.18. The van der Waals surface area contributed by atoms with Gasteiger partial charge in [0.05, 0.1) is 19.1 Å². The second-order valence-electron chi connectivity index (χ2n) is 5.21. The molecule has 0 unspecified atom stereocenters. The Morgan fingerprint density at radius 3 is 2.65 bits per heavy atom. The minimum Gasteiger partial charge on any atom is -0.497 e. The number of rotatable bonds is 7. The highest BCUT2D eigenvalue weighted by Crippen LogP contribution is 2.12. The first-order chi connectivity index (χ1) is 9.69. The van der Waals surface area contributed by atoms with E-state index in [9.17, 15) is 0 Å². The number of benzene rings is 1. The van der Waals surface area contributed by atoms with Gasteiger partial charge in [0.15, 0.2) is 0 Å². The average molecular weight is 273 g/mol. The number of aromatic nitrogens is 2. The van der Waals surface area contributed by atoms with Crippen molar-refractivity contribution >= 4 is 0 Å². The summed E-state index contributed by atoms with van der Waals surface area (Å²) >= 11 is 0. The molecule has 1 N–H and O–H groups in total. The maximum absolute atomic E-state index is 5.17. The summed E-state index contributed by atoms with van der Waals surface area (Å²) in [5, 5.41) is 3.42. The van der Waals surface area contributed by atoms with Crippen molar-refractivity contribution in [2.24, 2.45) is 0 Å². The van der Waals surface area contributed by atoms with E-state index in [1.54, 1.807) is 7.11 Å². The molecule has 1 aromatic heterocycles. The van der Waals surface area contributed by atoms with Crippen LogP contribution in [0.4, 0.5) is 0 Å². The van der Waals surface area contributed by atoms with Crippen LogP contribution in [0.2, 0.25) is 0 Å². The molecule has 0 aliphatic heterocycles. The van der Waals surface area contributed by atoms with Crippen LogP contribution < -0.4 is 10.1 Å². The Labute approximate surface area is 120 Å². The molecule has 0 saturated carbocycles. The highest BCUT2D eigenvalue weighted by atomic mass is 16.5. The van der Waals surface area contributed by atoms with Crippen molar-refractivity contribution in [1.29, 1.82) is 0 Å². The highest BCUT2D eigenvalue weighted by Gasteiger charge is 2.03. The largest absolute Gasteiger partial charge is 0.497 e. The molecule has 108 valence electrons. The van der Waals surface area contributed by atoms with E-state index in [1.807, 2.05) is 24.7 Å². The van der Waals surface area contributed by atoms with Crippen LogP contribution in [-0.2, 0) is 19.5 Å². The Hall–Kier alpha value is -1.81. The van der Waals surface area contributed by atoms with E-state index in [4.69, 9.17) is 4.74 Å². The van der Waals surface area contributed by atoms with Gasteiger partial charge in [-0.3, -0.25) is 0 Å². The summed E-state index contributed by atoms with van der Waals surface area (Å²) in [6, 6.07) is 8.72. The molecule has 2 aromatic rings. The molecule has 0 bridgehead atoms. The topological polar surface area (TPSA) is 39.1 Å². The molecule has 0 aliphatic carbocycles. The van der Waals surface area contributed by atoms with Gasteiger partial charge >= 0.3 is 0 Å². The lowest BCUT2D eigenvalue weighted by Gasteiger charge is -2.11. The predicted octanol–water partition coefficient (Wildman–Crippen LogP) is 2.63. The zero-order valence-electron chi connectivity index (χ0n) is 12.5. The fraction of sp³-hybridized carbons (Fsp3) is 0.438. The molecular formula is C16H23N3O. The van der Waals surface area contributed by atoms with Gasteiger partial charge in [-0.25, -0.2) is 4.98 Å². The molecule has 0 amide bonds. The first-order valence-electron chi connectivity index (χ1n) is 7.04. The standard InChI is InChI=1S/C16H23N3O/c1-13(2)18-11-15-10-17-12-19(15)9-8-14-4-6-16(20-3)7-5-14/h4-7,10,12-13,18H,8-9,11H2,1-3H3. The minimum absolute atomic E-state index is 0.486. The molecule has 0 saturated heterocycles. The van der Waals surface area contributed by atoms with Crippen molar-refractivity contribution in [3.05, 3.63) is 48.0 Å². The lowest BCUT2D eigenvalue weighted by Crippen LogP contribution is -2.23. The van der Waals surface area contributed by atoms with E-state index in [-0.39, 0.29) is 0 Å². The van der Waals surface area contributed by atoms with E-state index in [2.05, 4.69) is 40.8 Å². The van der Waals surface area contributed by atoms with E-state index >= 15 is 0 Å². The van der Waals surface area contributed by atoms with Gasteiger partial charge in [0, 0.05) is 25.3 Å². The number of aryl methyl sites for hydroxylation is 2. The number of hydrogen-bond acceptors (Lipinski definition) is 3. The molecule has 20 heavy (non-hydrogen) atoms. The smallest absolute Gasteiger partial charge is 0.118 e. The van der Waals surface area contributed by atoms with Crippen LogP contribution >= 0.6 is 0 Å². The number of methoxy groups -OCH3 is 1. The summed E-state index contributed by atoms with van der Waals surface area (Å²) in [6.45, 7) is 6.11. The van der Waals surface area contributed by atoms with E-state index in [0.717, 1.165) is 25.3 Å². The molecule has 2 rings (SSSR count). The summed E-state index contributed by atoms with van der Waals surface area (Å²) < 4.78 is 7.38. The van der Waals surface area contributed by atoms with Crippen LogP contribution in [0.1, 0.15) is 25.1 Å². The van der Waals surface area contributed by atoms with Crippen LogP contribution in [0.15, 0.2) is 36.8 Å². The van der Waals surface area contributed by atoms with Crippen LogP contribution in [-0.4, -0.2) is 22.7 Å². The Morgan fingerprint density at radius 1 is 1.25 bits per heavy atom. The van der Waals surface area contributed by atoms with E-state index in [0.29, 0.717) is 6.04 Å². The van der Waals surface area contributed by atoms with Gasteiger partial charge in [0.25, 0.3) is 0 Å². The first kappa shape index (κ1) is 14.6. The number of hydrogen-bond donors (Lipinski definition) is 1. The molecular weight excluding hydrogens is 250 g/mol. The predicted molar refractivity (Wildman–Crippen MR) is 80.9 cm³/mol. The second-order valence-corrected chi connectivity index (χ2v) is 5.21. The van der Waals surface area contributed by atoms with Gasteiger partial charge in [-0.1, -0.05) is 26.0 Å². The molecule has 0 spiro atoms. The van der Waals surface area contributed by atoms with Crippen LogP contribution in [0.3, 0.4) is 0 Å². The summed E-state index contributed by atoms with van der Waals surface area (Å²) in [4.78, 5) is 4.24. The number of nitrogens with one attached hydrogen (secondary N) is 1. The molecule has 0 atom stereocenters. The van der Waals surface area contributed by atoms with Crippen LogP contribution in [0.25, 0.3) is 0 Å². The monoisotopic (exact) mass is 273 g/mol. The van der Waals surface area contributed by atoms with Crippen molar-refractivity contribution < 1.29 is 4.74 Å². The number of nitrogens with zero attached hydrogens (tertiary/aromatic N) is 2. The third kappa shape index (κ3) is 4.10. The molecule has 0 fully saturated rings. The fourth-order valence-corrected chi connectivity index (χ4v) is 2.05. The molecule has 1 heterocycles. The lowest BCUT2D eigenvalue weighted by atomic mass is 10.1. The summed E-state index contributed by atoms with van der Waals surface area (Å²) in [6.07, 6.45) is 4.83. The van der Waals surface area contributed by atoms with Crippen LogP contribution in [0, 0.1) is 0 Å². The molecule has 4 heteroatoms. The number of imidazole rings is 1. The van der Waals surface area contributed by atoms with Crippen LogP contribution in [0.5, 0.6) is 5.75 Å². The molecule has 0 aliphatic rings. The quantitative estimate of drug-likeness (QED) is 0.843. The number of ether oxygens (including phenoxy) is 1. The summed E-state index contributed by atoms with van der Waals surface area (Å²) in [5.41, 5.74) is 2.54. The van der Waals surface area contributed by atoms with Crippen molar-refractivity contribution in [1.82, 2.24) is 14.9 Å². The van der Waals surface area contributed by atoms with E-state index < -0.39 is 0 Å². The Morgan fingerprint density at radius 2 is 2.00 bits per heavy atom. The molecule has 0 radical (unpaired) electrons. The Balaban J connectivity index is 1.91. The van der Waals surface area contributed by atoms with E-state index in [1.165, 1.54) is 11.3 Å². The second kappa shape index (κ2) is 7.10. The summed E-state index contributed by atoms with van der Waals surface area (Å²) in [7, 11) is 1.69. The zero-order chi connectivity index (χ0) is 14.4. The van der Waals surface area contributed by atoms with Crippen molar-refractivity contribution in [2.45, 2.75) is 39.4 Å².